The molecule has 154 valence electrons. The van der Waals surface area contributed by atoms with Crippen LogP contribution in [0.2, 0.25) is 0 Å². The van der Waals surface area contributed by atoms with Gasteiger partial charge in [0.05, 0.1) is 18.9 Å². The fourth-order valence-electron chi connectivity index (χ4n) is 4.17. The smallest absolute Gasteiger partial charge is 0.253 e. The third kappa shape index (κ3) is 4.03. The van der Waals surface area contributed by atoms with Crippen molar-refractivity contribution < 1.29 is 18.7 Å². The standard InChI is InChI=1S/C21H25FN4O3/c1-23-19(27)12-26-18-7-10-29-13-17(18)20(24-26)14-5-8-25(9-6-14)21(28)15-3-2-4-16(22)11-15/h2-4,11,14H,5-10,12-13H2,1H3,(H,23,27). The molecule has 0 unspecified atom stereocenters. The number of benzene rings is 1. The summed E-state index contributed by atoms with van der Waals surface area (Å²) in [5.74, 6) is -0.408. The van der Waals surface area contributed by atoms with Crippen molar-refractivity contribution in [1.82, 2.24) is 20.0 Å². The van der Waals surface area contributed by atoms with E-state index in [2.05, 4.69) is 5.32 Å². The Hall–Kier alpha value is -2.74. The van der Waals surface area contributed by atoms with Gasteiger partial charge in [0.15, 0.2) is 0 Å². The van der Waals surface area contributed by atoms with Crippen molar-refractivity contribution in [3.8, 4) is 0 Å². The number of likely N-dealkylation sites (N-methyl/N-ethyl adjacent to an activating group) is 1. The zero-order valence-corrected chi connectivity index (χ0v) is 16.5. The van der Waals surface area contributed by atoms with Crippen LogP contribution in [0.4, 0.5) is 4.39 Å². The van der Waals surface area contributed by atoms with Gasteiger partial charge in [-0.25, -0.2) is 4.39 Å². The lowest BCUT2D eigenvalue weighted by Crippen LogP contribution is -2.38. The van der Waals surface area contributed by atoms with E-state index < -0.39 is 5.82 Å². The Kier molecular flexibility index (Phi) is 5.62. The van der Waals surface area contributed by atoms with Gasteiger partial charge in [0.1, 0.15) is 12.4 Å². The third-order valence-corrected chi connectivity index (χ3v) is 5.74. The van der Waals surface area contributed by atoms with Crippen molar-refractivity contribution >= 4 is 11.8 Å². The van der Waals surface area contributed by atoms with Crippen LogP contribution in [-0.4, -0.2) is 53.2 Å². The van der Waals surface area contributed by atoms with E-state index in [-0.39, 0.29) is 24.3 Å². The quantitative estimate of drug-likeness (QED) is 0.850. The van der Waals surface area contributed by atoms with Crippen LogP contribution in [0.5, 0.6) is 0 Å². The third-order valence-electron chi connectivity index (χ3n) is 5.74. The number of carbonyl (C=O) groups is 2. The number of nitrogens with zero attached hydrogens (tertiary/aromatic N) is 3. The van der Waals surface area contributed by atoms with E-state index in [4.69, 9.17) is 9.84 Å². The van der Waals surface area contributed by atoms with Gasteiger partial charge in [0.25, 0.3) is 5.91 Å². The average Bonchev–Trinajstić information content (AvgIpc) is 3.11. The molecule has 1 saturated heterocycles. The number of nitrogens with one attached hydrogen (secondary N) is 1. The Morgan fingerprint density at radius 2 is 2.10 bits per heavy atom. The molecule has 1 aromatic heterocycles. The monoisotopic (exact) mass is 400 g/mol. The topological polar surface area (TPSA) is 76.5 Å². The fraction of sp³-hybridized carbons (Fsp3) is 0.476. The molecule has 0 atom stereocenters. The van der Waals surface area contributed by atoms with Gasteiger partial charge in [0, 0.05) is 49.3 Å². The maximum Gasteiger partial charge on any atom is 0.253 e. The lowest BCUT2D eigenvalue weighted by Gasteiger charge is -2.32. The highest BCUT2D eigenvalue weighted by Crippen LogP contribution is 2.33. The van der Waals surface area contributed by atoms with Gasteiger partial charge in [-0.05, 0) is 31.0 Å². The largest absolute Gasteiger partial charge is 0.376 e. The fourth-order valence-corrected chi connectivity index (χ4v) is 4.17. The van der Waals surface area contributed by atoms with E-state index in [0.717, 1.165) is 36.2 Å². The van der Waals surface area contributed by atoms with E-state index in [1.54, 1.807) is 28.8 Å². The van der Waals surface area contributed by atoms with Gasteiger partial charge in [-0.1, -0.05) is 6.07 Å². The molecule has 0 aliphatic carbocycles. The number of hydrogen-bond acceptors (Lipinski definition) is 4. The van der Waals surface area contributed by atoms with E-state index in [1.165, 1.54) is 12.1 Å². The lowest BCUT2D eigenvalue weighted by molar-refractivity contribution is -0.121. The molecule has 1 fully saturated rings. The van der Waals surface area contributed by atoms with Crippen molar-refractivity contribution in [1.29, 1.82) is 0 Å². The predicted molar refractivity (Wildman–Crippen MR) is 104 cm³/mol. The van der Waals surface area contributed by atoms with Gasteiger partial charge in [-0.15, -0.1) is 0 Å². The number of aromatic nitrogens is 2. The molecule has 2 amide bonds. The van der Waals surface area contributed by atoms with E-state index in [0.29, 0.717) is 31.9 Å². The number of carbonyl (C=O) groups excluding carboxylic acids is 2. The summed E-state index contributed by atoms with van der Waals surface area (Å²) in [5, 5.41) is 7.41. The lowest BCUT2D eigenvalue weighted by atomic mass is 9.90. The molecule has 0 radical (unpaired) electrons. The molecule has 2 aromatic rings. The highest BCUT2D eigenvalue weighted by Gasteiger charge is 2.31. The minimum atomic E-state index is -0.404. The second kappa shape index (κ2) is 8.32. The summed E-state index contributed by atoms with van der Waals surface area (Å²) in [6, 6.07) is 5.82. The Labute approximate surface area is 168 Å². The Morgan fingerprint density at radius 1 is 1.31 bits per heavy atom. The van der Waals surface area contributed by atoms with Crippen LogP contribution in [0.3, 0.4) is 0 Å². The zero-order chi connectivity index (χ0) is 20.4. The van der Waals surface area contributed by atoms with Gasteiger partial charge >= 0.3 is 0 Å². The second-order valence-electron chi connectivity index (χ2n) is 7.52. The maximum absolute atomic E-state index is 13.4. The van der Waals surface area contributed by atoms with E-state index in [9.17, 15) is 14.0 Å². The van der Waals surface area contributed by atoms with Crippen molar-refractivity contribution in [2.45, 2.75) is 38.3 Å². The summed E-state index contributed by atoms with van der Waals surface area (Å²) in [5.41, 5.74) is 3.54. The van der Waals surface area contributed by atoms with Crippen molar-refractivity contribution in [2.75, 3.05) is 26.7 Å². The summed E-state index contributed by atoms with van der Waals surface area (Å²) >= 11 is 0. The van der Waals surface area contributed by atoms with Gasteiger partial charge in [0.2, 0.25) is 5.91 Å². The molecule has 2 aliphatic rings. The summed E-state index contributed by atoms with van der Waals surface area (Å²) < 4.78 is 20.9. The zero-order valence-electron chi connectivity index (χ0n) is 16.5. The SMILES string of the molecule is CNC(=O)Cn1nc(C2CCN(C(=O)c3cccc(F)c3)CC2)c2c1CCOC2. The molecule has 1 N–H and O–H groups in total. The number of fused-ring (bicyclic) bond motifs is 1. The number of hydrogen-bond donors (Lipinski definition) is 1. The van der Waals surface area contributed by atoms with E-state index >= 15 is 0 Å². The van der Waals surface area contributed by atoms with E-state index in [1.807, 2.05) is 0 Å². The molecule has 3 heterocycles. The number of piperidine rings is 1. The van der Waals surface area contributed by atoms with Crippen LogP contribution in [-0.2, 0) is 29.1 Å². The molecule has 8 heteroatoms. The van der Waals surface area contributed by atoms with Crippen LogP contribution >= 0.6 is 0 Å². The second-order valence-corrected chi connectivity index (χ2v) is 7.52. The number of likely N-dealkylation sites (tertiary alicyclic amines) is 1. The Bertz CT molecular complexity index is 919. The first kappa shape index (κ1) is 19.6. The molecule has 29 heavy (non-hydrogen) atoms. The van der Waals surface area contributed by atoms with Crippen LogP contribution in [0, 0.1) is 5.82 Å². The van der Waals surface area contributed by atoms with Crippen molar-refractivity contribution in [2.24, 2.45) is 0 Å². The van der Waals surface area contributed by atoms with Crippen LogP contribution in [0.1, 0.15) is 46.1 Å². The minimum absolute atomic E-state index is 0.0798. The van der Waals surface area contributed by atoms with Crippen molar-refractivity contribution in [3.05, 3.63) is 52.6 Å². The predicted octanol–water partition coefficient (Wildman–Crippen LogP) is 1.86. The minimum Gasteiger partial charge on any atom is -0.376 e. The first-order chi connectivity index (χ1) is 14.1. The highest BCUT2D eigenvalue weighted by atomic mass is 19.1. The summed E-state index contributed by atoms with van der Waals surface area (Å²) in [6.45, 7) is 2.54. The van der Waals surface area contributed by atoms with Crippen LogP contribution < -0.4 is 5.32 Å². The number of ether oxygens (including phenoxy) is 1. The normalized spacial score (nSPS) is 17.1. The molecule has 1 aromatic carbocycles. The molecule has 7 nitrogen and oxygen atoms in total. The van der Waals surface area contributed by atoms with Crippen LogP contribution in [0.15, 0.2) is 24.3 Å². The average molecular weight is 400 g/mol. The van der Waals surface area contributed by atoms with Crippen LogP contribution in [0.25, 0.3) is 0 Å². The Morgan fingerprint density at radius 3 is 2.83 bits per heavy atom. The summed E-state index contributed by atoms with van der Waals surface area (Å²) in [6.07, 6.45) is 2.31. The molecule has 0 saturated carbocycles. The first-order valence-electron chi connectivity index (χ1n) is 9.98. The molecular formula is C21H25FN4O3. The van der Waals surface area contributed by atoms with Crippen molar-refractivity contribution in [3.63, 3.8) is 0 Å². The number of halogens is 1. The Balaban J connectivity index is 1.48. The first-order valence-corrected chi connectivity index (χ1v) is 9.98. The molecule has 0 spiro atoms. The highest BCUT2D eigenvalue weighted by molar-refractivity contribution is 5.94. The molecule has 0 bridgehead atoms. The molecule has 2 aliphatic heterocycles. The maximum atomic E-state index is 13.4. The number of amides is 2. The summed E-state index contributed by atoms with van der Waals surface area (Å²) in [4.78, 5) is 26.3. The number of rotatable bonds is 4. The summed E-state index contributed by atoms with van der Waals surface area (Å²) in [7, 11) is 1.62. The van der Waals surface area contributed by atoms with Gasteiger partial charge in [-0.3, -0.25) is 14.3 Å². The molecule has 4 rings (SSSR count). The molecular weight excluding hydrogens is 375 g/mol. The van der Waals surface area contributed by atoms with Gasteiger partial charge < -0.3 is 15.0 Å². The van der Waals surface area contributed by atoms with Gasteiger partial charge in [-0.2, -0.15) is 5.10 Å².